The Bertz CT molecular complexity index is 628. The summed E-state index contributed by atoms with van der Waals surface area (Å²) in [6, 6.07) is 8.99. The van der Waals surface area contributed by atoms with Crippen molar-refractivity contribution in [2.75, 3.05) is 24.5 Å². The summed E-state index contributed by atoms with van der Waals surface area (Å²) in [4.78, 5) is 16.5. The van der Waals surface area contributed by atoms with Gasteiger partial charge in [0.15, 0.2) is 0 Å². The Morgan fingerprint density at radius 1 is 0.923 bits per heavy atom. The van der Waals surface area contributed by atoms with Gasteiger partial charge in [-0.3, -0.25) is 4.90 Å². The highest BCUT2D eigenvalue weighted by atomic mass is 16.2. The second-order valence-corrected chi connectivity index (χ2v) is 8.57. The summed E-state index contributed by atoms with van der Waals surface area (Å²) < 4.78 is 0. The van der Waals surface area contributed by atoms with Crippen molar-refractivity contribution in [2.24, 2.45) is 5.73 Å². The van der Waals surface area contributed by atoms with Gasteiger partial charge in [0.05, 0.1) is 0 Å². The van der Waals surface area contributed by atoms with E-state index < -0.39 is 0 Å². The van der Waals surface area contributed by atoms with Crippen LogP contribution in [0.3, 0.4) is 0 Å². The SMILES string of the molecule is NC(=O)N1CCCC2(CCN(C3CCCCCC3)CC2)c2ccccc21. The number of benzene rings is 1. The number of para-hydroxylation sites is 1. The van der Waals surface area contributed by atoms with Crippen LogP contribution in [0.4, 0.5) is 10.5 Å². The summed E-state index contributed by atoms with van der Waals surface area (Å²) in [5.74, 6) is 0. The largest absolute Gasteiger partial charge is 0.351 e. The maximum absolute atomic E-state index is 12.0. The van der Waals surface area contributed by atoms with Crippen LogP contribution >= 0.6 is 0 Å². The number of piperidine rings is 1. The van der Waals surface area contributed by atoms with Gasteiger partial charge in [-0.25, -0.2) is 4.79 Å². The number of fused-ring (bicyclic) bond motifs is 2. The lowest BCUT2D eigenvalue weighted by atomic mass is 9.69. The summed E-state index contributed by atoms with van der Waals surface area (Å²) in [5, 5.41) is 0. The zero-order valence-electron chi connectivity index (χ0n) is 16.0. The monoisotopic (exact) mass is 355 g/mol. The summed E-state index contributed by atoms with van der Waals surface area (Å²) in [6.07, 6.45) is 13.1. The molecule has 0 radical (unpaired) electrons. The van der Waals surface area contributed by atoms with E-state index in [1.54, 1.807) is 4.90 Å². The minimum absolute atomic E-state index is 0.224. The standard InChI is InChI=1S/C22H33N3O/c23-21(26)25-15-7-12-22(19-10-5-6-11-20(19)25)13-16-24(17-14-22)18-8-3-1-2-4-9-18/h5-6,10-11,18H,1-4,7-9,12-17H2,(H2,23,26). The normalized spacial score (nSPS) is 24.7. The van der Waals surface area contributed by atoms with Crippen molar-refractivity contribution >= 4 is 11.7 Å². The van der Waals surface area contributed by atoms with Gasteiger partial charge in [0.25, 0.3) is 0 Å². The third-order valence-electron chi connectivity index (χ3n) is 7.17. The minimum Gasteiger partial charge on any atom is -0.351 e. The first-order chi connectivity index (χ1) is 12.7. The minimum atomic E-state index is -0.314. The number of rotatable bonds is 1. The molecule has 1 aromatic carbocycles. The van der Waals surface area contributed by atoms with Crippen molar-refractivity contribution in [2.45, 2.75) is 75.7 Å². The second-order valence-electron chi connectivity index (χ2n) is 8.57. The van der Waals surface area contributed by atoms with Gasteiger partial charge >= 0.3 is 6.03 Å². The number of likely N-dealkylation sites (tertiary alicyclic amines) is 1. The zero-order valence-corrected chi connectivity index (χ0v) is 16.0. The first-order valence-electron chi connectivity index (χ1n) is 10.6. The van der Waals surface area contributed by atoms with Crippen LogP contribution in [-0.4, -0.2) is 36.6 Å². The van der Waals surface area contributed by atoms with Crippen molar-refractivity contribution in [1.29, 1.82) is 0 Å². The molecule has 4 rings (SSSR count). The Kier molecular flexibility index (Phi) is 5.21. The van der Waals surface area contributed by atoms with Gasteiger partial charge in [0, 0.05) is 18.3 Å². The number of nitrogens with zero attached hydrogens (tertiary/aromatic N) is 2. The molecular weight excluding hydrogens is 322 g/mol. The van der Waals surface area contributed by atoms with Gasteiger partial charge in [-0.05, 0) is 68.7 Å². The summed E-state index contributed by atoms with van der Waals surface area (Å²) in [5.41, 5.74) is 8.32. The Morgan fingerprint density at radius 2 is 1.62 bits per heavy atom. The van der Waals surface area contributed by atoms with E-state index in [4.69, 9.17) is 5.73 Å². The average molecular weight is 356 g/mol. The summed E-state index contributed by atoms with van der Waals surface area (Å²) in [6.45, 7) is 3.16. The van der Waals surface area contributed by atoms with Crippen LogP contribution in [0.15, 0.2) is 24.3 Å². The molecule has 26 heavy (non-hydrogen) atoms. The summed E-state index contributed by atoms with van der Waals surface area (Å²) >= 11 is 0. The van der Waals surface area contributed by atoms with Gasteiger partial charge in [0.2, 0.25) is 0 Å². The molecule has 1 aromatic rings. The molecule has 1 saturated heterocycles. The van der Waals surface area contributed by atoms with E-state index in [2.05, 4.69) is 23.1 Å². The maximum atomic E-state index is 12.0. The molecule has 2 heterocycles. The van der Waals surface area contributed by atoms with Crippen LogP contribution in [0.5, 0.6) is 0 Å². The van der Waals surface area contributed by atoms with Crippen LogP contribution in [0, 0.1) is 0 Å². The molecule has 0 unspecified atom stereocenters. The molecule has 2 fully saturated rings. The van der Waals surface area contributed by atoms with Crippen molar-refractivity contribution in [3.05, 3.63) is 29.8 Å². The van der Waals surface area contributed by atoms with Gasteiger partial charge < -0.3 is 10.6 Å². The zero-order chi connectivity index (χ0) is 18.0. The molecule has 1 saturated carbocycles. The number of primary amides is 1. The first kappa shape index (κ1) is 17.8. The topological polar surface area (TPSA) is 49.6 Å². The lowest BCUT2D eigenvalue weighted by Crippen LogP contribution is -2.47. The third kappa shape index (κ3) is 3.36. The van der Waals surface area contributed by atoms with E-state index in [0.29, 0.717) is 0 Å². The van der Waals surface area contributed by atoms with Crippen LogP contribution in [0.25, 0.3) is 0 Å². The highest BCUT2D eigenvalue weighted by Crippen LogP contribution is 2.46. The van der Waals surface area contributed by atoms with E-state index in [-0.39, 0.29) is 11.4 Å². The fourth-order valence-corrected chi connectivity index (χ4v) is 5.68. The van der Waals surface area contributed by atoms with Gasteiger partial charge in [-0.2, -0.15) is 0 Å². The fourth-order valence-electron chi connectivity index (χ4n) is 5.68. The Balaban J connectivity index is 1.55. The molecule has 2 N–H and O–H groups in total. The van der Waals surface area contributed by atoms with Crippen LogP contribution in [0.2, 0.25) is 0 Å². The lowest BCUT2D eigenvalue weighted by molar-refractivity contribution is 0.101. The molecule has 0 aromatic heterocycles. The quantitative estimate of drug-likeness (QED) is 0.758. The number of carbonyl (C=O) groups excluding carboxylic acids is 1. The van der Waals surface area contributed by atoms with Crippen LogP contribution < -0.4 is 10.6 Å². The second kappa shape index (κ2) is 7.59. The number of amides is 2. The molecule has 4 heteroatoms. The fraction of sp³-hybridized carbons (Fsp3) is 0.682. The molecular formula is C22H33N3O. The molecule has 1 spiro atoms. The van der Waals surface area contributed by atoms with Crippen molar-refractivity contribution in [1.82, 2.24) is 4.90 Å². The van der Waals surface area contributed by atoms with Gasteiger partial charge in [-0.15, -0.1) is 0 Å². The average Bonchev–Trinajstić information content (AvgIpc) is 3.02. The van der Waals surface area contributed by atoms with E-state index in [1.807, 2.05) is 6.07 Å². The number of nitrogens with two attached hydrogens (primary N) is 1. The number of hydrogen-bond acceptors (Lipinski definition) is 2. The third-order valence-corrected chi connectivity index (χ3v) is 7.17. The Labute approximate surface area is 157 Å². The first-order valence-corrected chi connectivity index (χ1v) is 10.6. The predicted molar refractivity (Wildman–Crippen MR) is 107 cm³/mol. The molecule has 3 aliphatic rings. The van der Waals surface area contributed by atoms with Crippen molar-refractivity contribution < 1.29 is 4.79 Å². The van der Waals surface area contributed by atoms with Gasteiger partial charge in [0.1, 0.15) is 0 Å². The van der Waals surface area contributed by atoms with E-state index in [9.17, 15) is 4.79 Å². The smallest absolute Gasteiger partial charge is 0.319 e. The molecule has 0 bridgehead atoms. The number of urea groups is 1. The van der Waals surface area contributed by atoms with Gasteiger partial charge in [-0.1, -0.05) is 43.9 Å². The van der Waals surface area contributed by atoms with Crippen molar-refractivity contribution in [3.8, 4) is 0 Å². The molecule has 2 aliphatic heterocycles. The van der Waals surface area contributed by atoms with E-state index in [0.717, 1.165) is 24.7 Å². The Hall–Kier alpha value is -1.55. The lowest BCUT2D eigenvalue weighted by Gasteiger charge is -2.45. The highest BCUT2D eigenvalue weighted by molar-refractivity contribution is 5.92. The number of hydrogen-bond donors (Lipinski definition) is 1. The number of anilines is 1. The van der Waals surface area contributed by atoms with E-state index in [1.165, 1.54) is 76.4 Å². The molecule has 4 nitrogen and oxygen atoms in total. The van der Waals surface area contributed by atoms with Crippen LogP contribution in [-0.2, 0) is 5.41 Å². The maximum Gasteiger partial charge on any atom is 0.319 e. The van der Waals surface area contributed by atoms with Crippen LogP contribution in [0.1, 0.15) is 69.8 Å². The molecule has 0 atom stereocenters. The van der Waals surface area contributed by atoms with E-state index >= 15 is 0 Å². The Morgan fingerprint density at radius 3 is 2.31 bits per heavy atom. The predicted octanol–water partition coefficient (Wildman–Crippen LogP) is 4.42. The highest BCUT2D eigenvalue weighted by Gasteiger charge is 2.41. The molecule has 142 valence electrons. The van der Waals surface area contributed by atoms with Crippen molar-refractivity contribution in [3.63, 3.8) is 0 Å². The molecule has 2 amide bonds. The summed E-state index contributed by atoms with van der Waals surface area (Å²) in [7, 11) is 0. The number of carbonyl (C=O) groups is 1. The molecule has 1 aliphatic carbocycles.